The Morgan fingerprint density at radius 2 is 1.94 bits per heavy atom. The summed E-state index contributed by atoms with van der Waals surface area (Å²) in [5, 5.41) is 3.56. The lowest BCUT2D eigenvalue weighted by Gasteiger charge is -2.34. The summed E-state index contributed by atoms with van der Waals surface area (Å²) in [6.07, 6.45) is 0.729. The molecule has 1 fully saturated rings. The van der Waals surface area contributed by atoms with Crippen molar-refractivity contribution in [2.24, 2.45) is 0 Å². The van der Waals surface area contributed by atoms with Crippen molar-refractivity contribution in [3.05, 3.63) is 0 Å². The van der Waals surface area contributed by atoms with Gasteiger partial charge in [-0.15, -0.1) is 0 Å². The third-order valence-corrected chi connectivity index (χ3v) is 4.06. The number of alkyl halides is 3. The maximum atomic E-state index is 12.2. The Hall–Kier alpha value is 0.0600. The Morgan fingerprint density at radius 1 is 1.33 bits per heavy atom. The van der Waals surface area contributed by atoms with Gasteiger partial charge in [-0.3, -0.25) is 4.90 Å². The van der Waals surface area contributed by atoms with E-state index >= 15 is 0 Å². The molecule has 2 nitrogen and oxygen atoms in total. The van der Waals surface area contributed by atoms with Gasteiger partial charge in [0.25, 0.3) is 0 Å². The average Bonchev–Trinajstić information content (AvgIpc) is 2.29. The predicted molar refractivity (Wildman–Crippen MR) is 71.1 cm³/mol. The van der Waals surface area contributed by atoms with E-state index in [1.807, 2.05) is 11.8 Å². The Labute approximate surface area is 112 Å². The van der Waals surface area contributed by atoms with Crippen molar-refractivity contribution >= 4 is 11.8 Å². The molecule has 0 saturated carbocycles. The summed E-state index contributed by atoms with van der Waals surface area (Å²) in [5.74, 6) is 1.07. The minimum Gasteiger partial charge on any atom is -0.310 e. The number of hydrogen-bond acceptors (Lipinski definition) is 3. The molecule has 1 atom stereocenters. The fourth-order valence-corrected chi connectivity index (χ4v) is 3.06. The smallest absolute Gasteiger partial charge is 0.310 e. The number of rotatable bonds is 6. The van der Waals surface area contributed by atoms with Gasteiger partial charge in [-0.2, -0.15) is 24.9 Å². The molecule has 0 aromatic rings. The second-order valence-corrected chi connectivity index (χ2v) is 5.80. The van der Waals surface area contributed by atoms with Crippen LogP contribution in [-0.4, -0.2) is 54.8 Å². The van der Waals surface area contributed by atoms with Crippen molar-refractivity contribution in [2.45, 2.75) is 44.4 Å². The highest BCUT2D eigenvalue weighted by Crippen LogP contribution is 2.20. The maximum absolute atomic E-state index is 12.2. The number of hydrogen-bond donors (Lipinski definition) is 1. The summed E-state index contributed by atoms with van der Waals surface area (Å²) in [5.41, 5.74) is 0. The van der Waals surface area contributed by atoms with Gasteiger partial charge in [-0.1, -0.05) is 6.92 Å². The number of nitrogens with one attached hydrogen (secondary N) is 1. The van der Waals surface area contributed by atoms with Crippen molar-refractivity contribution < 1.29 is 13.2 Å². The molecule has 1 heterocycles. The van der Waals surface area contributed by atoms with E-state index in [9.17, 15) is 13.2 Å². The molecule has 1 saturated heterocycles. The third-order valence-electron chi connectivity index (χ3n) is 3.32. The first kappa shape index (κ1) is 16.1. The highest BCUT2D eigenvalue weighted by molar-refractivity contribution is 7.98. The van der Waals surface area contributed by atoms with E-state index in [4.69, 9.17) is 0 Å². The summed E-state index contributed by atoms with van der Waals surface area (Å²) < 4.78 is 36.7. The number of piperidine rings is 1. The molecule has 1 unspecified atom stereocenters. The lowest BCUT2D eigenvalue weighted by Crippen LogP contribution is -2.48. The lowest BCUT2D eigenvalue weighted by molar-refractivity contribution is -0.148. The Bertz CT molecular complexity index is 228. The van der Waals surface area contributed by atoms with Gasteiger partial charge in [0, 0.05) is 17.8 Å². The standard InChI is InChI=1S/C12H23F3N2S/c1-3-10(8-18-2)16-11-4-6-17(7-5-11)9-12(13,14)15/h10-11,16H,3-9H2,1-2H3. The molecule has 0 radical (unpaired) electrons. The quantitative estimate of drug-likeness (QED) is 0.807. The molecule has 1 rings (SSSR count). The fraction of sp³-hybridized carbons (Fsp3) is 1.00. The van der Waals surface area contributed by atoms with Gasteiger partial charge in [0.05, 0.1) is 6.54 Å². The zero-order valence-electron chi connectivity index (χ0n) is 11.1. The zero-order chi connectivity index (χ0) is 13.6. The van der Waals surface area contributed by atoms with Gasteiger partial charge < -0.3 is 5.32 Å². The summed E-state index contributed by atoms with van der Waals surface area (Å²) in [6, 6.07) is 0.866. The molecule has 1 aliphatic rings. The first-order valence-electron chi connectivity index (χ1n) is 6.48. The normalized spacial score (nSPS) is 21.2. The van der Waals surface area contributed by atoms with E-state index in [0.717, 1.165) is 25.0 Å². The van der Waals surface area contributed by atoms with Gasteiger partial charge >= 0.3 is 6.18 Å². The molecule has 0 spiro atoms. The molecule has 1 N–H and O–H groups in total. The van der Waals surface area contributed by atoms with Crippen molar-refractivity contribution in [1.29, 1.82) is 0 Å². The van der Waals surface area contributed by atoms with Gasteiger partial charge in [0.1, 0.15) is 0 Å². The van der Waals surface area contributed by atoms with Crippen molar-refractivity contribution in [1.82, 2.24) is 10.2 Å². The lowest BCUT2D eigenvalue weighted by atomic mass is 10.0. The van der Waals surface area contributed by atoms with Crippen LogP contribution >= 0.6 is 11.8 Å². The molecule has 1 aliphatic heterocycles. The van der Waals surface area contributed by atoms with Gasteiger partial charge in [-0.05, 0) is 38.6 Å². The van der Waals surface area contributed by atoms with Crippen LogP contribution in [0.25, 0.3) is 0 Å². The van der Waals surface area contributed by atoms with E-state index in [-0.39, 0.29) is 0 Å². The number of halogens is 3. The second kappa shape index (κ2) is 7.60. The van der Waals surface area contributed by atoms with Crippen LogP contribution in [0, 0.1) is 0 Å². The Kier molecular flexibility index (Phi) is 6.81. The molecular formula is C12H23F3N2S. The molecule has 0 bridgehead atoms. The minimum atomic E-state index is -4.06. The van der Waals surface area contributed by atoms with Crippen LogP contribution in [0.4, 0.5) is 13.2 Å². The zero-order valence-corrected chi connectivity index (χ0v) is 11.9. The predicted octanol–water partition coefficient (Wildman–Crippen LogP) is 2.74. The first-order valence-corrected chi connectivity index (χ1v) is 7.88. The SMILES string of the molecule is CCC(CSC)NC1CCN(CC(F)(F)F)CC1. The summed E-state index contributed by atoms with van der Waals surface area (Å²) in [7, 11) is 0. The molecule has 0 aromatic carbocycles. The highest BCUT2D eigenvalue weighted by Gasteiger charge is 2.32. The molecule has 0 aliphatic carbocycles. The third kappa shape index (κ3) is 6.29. The van der Waals surface area contributed by atoms with Crippen LogP contribution in [0.2, 0.25) is 0 Å². The highest BCUT2D eigenvalue weighted by atomic mass is 32.2. The van der Waals surface area contributed by atoms with E-state index in [1.165, 1.54) is 4.90 Å². The minimum absolute atomic E-state index is 0.381. The van der Waals surface area contributed by atoms with Crippen molar-refractivity contribution in [3.63, 3.8) is 0 Å². The van der Waals surface area contributed by atoms with Crippen LogP contribution in [0.3, 0.4) is 0 Å². The molecule has 18 heavy (non-hydrogen) atoms. The molecule has 108 valence electrons. The second-order valence-electron chi connectivity index (χ2n) is 4.89. The van der Waals surface area contributed by atoms with Gasteiger partial charge in [0.2, 0.25) is 0 Å². The number of nitrogens with zero attached hydrogens (tertiary/aromatic N) is 1. The van der Waals surface area contributed by atoms with Crippen LogP contribution in [0.15, 0.2) is 0 Å². The van der Waals surface area contributed by atoms with E-state index < -0.39 is 12.7 Å². The molecule has 6 heteroatoms. The maximum Gasteiger partial charge on any atom is 0.401 e. The molecule has 0 aromatic heterocycles. The van der Waals surface area contributed by atoms with Crippen molar-refractivity contribution in [2.75, 3.05) is 31.6 Å². The number of likely N-dealkylation sites (tertiary alicyclic amines) is 1. The topological polar surface area (TPSA) is 15.3 Å². The molecule has 0 amide bonds. The Morgan fingerprint density at radius 3 is 2.39 bits per heavy atom. The first-order chi connectivity index (χ1) is 8.44. The van der Waals surface area contributed by atoms with Crippen LogP contribution in [-0.2, 0) is 0 Å². The van der Waals surface area contributed by atoms with Crippen LogP contribution in [0.5, 0.6) is 0 Å². The van der Waals surface area contributed by atoms with Crippen molar-refractivity contribution in [3.8, 4) is 0 Å². The van der Waals surface area contributed by atoms with Crippen LogP contribution < -0.4 is 5.32 Å². The van der Waals surface area contributed by atoms with Gasteiger partial charge in [-0.25, -0.2) is 0 Å². The van der Waals surface area contributed by atoms with Crippen LogP contribution in [0.1, 0.15) is 26.2 Å². The van der Waals surface area contributed by atoms with E-state index in [2.05, 4.69) is 18.5 Å². The number of thioether (sulfide) groups is 1. The van der Waals surface area contributed by atoms with Gasteiger partial charge in [0.15, 0.2) is 0 Å². The van der Waals surface area contributed by atoms with E-state index in [0.29, 0.717) is 25.2 Å². The summed E-state index contributed by atoms with van der Waals surface area (Å²) in [6.45, 7) is 2.48. The summed E-state index contributed by atoms with van der Waals surface area (Å²) >= 11 is 1.81. The fourth-order valence-electron chi connectivity index (χ4n) is 2.33. The summed E-state index contributed by atoms with van der Waals surface area (Å²) in [4.78, 5) is 1.51. The largest absolute Gasteiger partial charge is 0.401 e. The Balaban J connectivity index is 2.26. The molecular weight excluding hydrogens is 261 g/mol. The average molecular weight is 284 g/mol. The van der Waals surface area contributed by atoms with E-state index in [1.54, 1.807) is 0 Å². The monoisotopic (exact) mass is 284 g/mol.